The Morgan fingerprint density at radius 3 is 2.57 bits per heavy atom. The van der Waals surface area contributed by atoms with Gasteiger partial charge in [0.05, 0.1) is 5.69 Å². The fraction of sp³-hybridized carbons (Fsp3) is 0.200. The second kappa shape index (κ2) is 5.24. The van der Waals surface area contributed by atoms with Gasteiger partial charge in [0.2, 0.25) is 0 Å². The number of fused-ring (bicyclic) bond motifs is 1. The van der Waals surface area contributed by atoms with Crippen LogP contribution >= 0.6 is 0 Å². The molecule has 3 rings (SSSR count). The molecule has 2 aromatic heterocycles. The molecule has 7 nitrogen and oxygen atoms in total. The lowest BCUT2D eigenvalue weighted by Gasteiger charge is -2.08. The summed E-state index contributed by atoms with van der Waals surface area (Å²) in [6.07, 6.45) is 1.40. The van der Waals surface area contributed by atoms with E-state index in [1.165, 1.54) is 28.4 Å². The second-order valence-corrected chi connectivity index (χ2v) is 7.01. The van der Waals surface area contributed by atoms with Crippen LogP contribution in [0.25, 0.3) is 5.52 Å². The number of nitrogens with zero attached hydrogens (tertiary/aromatic N) is 3. The van der Waals surface area contributed by atoms with Crippen LogP contribution in [0.1, 0.15) is 11.4 Å². The number of hydrogen-bond donors (Lipinski definition) is 1. The summed E-state index contributed by atoms with van der Waals surface area (Å²) in [5, 5.41) is 4.05. The maximum absolute atomic E-state index is 12.6. The predicted octanol–water partition coefficient (Wildman–Crippen LogP) is 1.45. The zero-order chi connectivity index (χ0) is 16.8. The van der Waals surface area contributed by atoms with E-state index in [4.69, 9.17) is 0 Å². The Morgan fingerprint density at radius 2 is 1.87 bits per heavy atom. The quantitative estimate of drug-likeness (QED) is 0.786. The molecule has 2 heterocycles. The minimum absolute atomic E-state index is 0.0222. The Balaban J connectivity index is 2.13. The van der Waals surface area contributed by atoms with Crippen molar-refractivity contribution >= 4 is 21.2 Å². The van der Waals surface area contributed by atoms with Crippen LogP contribution in [0, 0.1) is 13.8 Å². The summed E-state index contributed by atoms with van der Waals surface area (Å²) in [5.74, 6) is 0.527. The lowest BCUT2D eigenvalue weighted by atomic mass is 10.2. The van der Waals surface area contributed by atoms with Gasteiger partial charge in [-0.15, -0.1) is 0 Å². The van der Waals surface area contributed by atoms with Crippen molar-refractivity contribution < 1.29 is 8.42 Å². The minimum Gasteiger partial charge on any atom is -0.298 e. The number of rotatable bonds is 3. The average Bonchev–Trinajstić information content (AvgIpc) is 2.94. The van der Waals surface area contributed by atoms with E-state index in [1.54, 1.807) is 19.1 Å². The van der Waals surface area contributed by atoms with Crippen molar-refractivity contribution in [3.63, 3.8) is 0 Å². The van der Waals surface area contributed by atoms with E-state index in [2.05, 4.69) is 9.82 Å². The molecular formula is C15H16N4O3S. The Hall–Kier alpha value is -2.61. The molecule has 0 spiro atoms. The standard InChI is InChI=1S/C15H16N4O3S/c1-10-6-4-5-7-13(10)17-23(21,22)12-8-14-15(20)18(3)16-11(2)19(14)9-12/h4-9,17H,1-3H3. The normalized spacial score (nSPS) is 11.8. The summed E-state index contributed by atoms with van der Waals surface area (Å²) in [6.45, 7) is 3.52. The number of benzene rings is 1. The van der Waals surface area contributed by atoms with Crippen molar-refractivity contribution in [2.24, 2.45) is 7.05 Å². The van der Waals surface area contributed by atoms with E-state index in [0.717, 1.165) is 5.56 Å². The summed E-state index contributed by atoms with van der Waals surface area (Å²) >= 11 is 0. The van der Waals surface area contributed by atoms with Crippen LogP contribution in [-0.2, 0) is 17.1 Å². The number of aryl methyl sites for hydroxylation is 3. The van der Waals surface area contributed by atoms with E-state index >= 15 is 0 Å². The van der Waals surface area contributed by atoms with Crippen molar-refractivity contribution in [1.29, 1.82) is 0 Å². The third-order valence-corrected chi connectivity index (χ3v) is 4.98. The fourth-order valence-electron chi connectivity index (χ4n) is 2.39. The van der Waals surface area contributed by atoms with Gasteiger partial charge in [-0.25, -0.2) is 13.1 Å². The van der Waals surface area contributed by atoms with Gasteiger partial charge in [0.25, 0.3) is 15.6 Å². The molecule has 0 unspecified atom stereocenters. The smallest absolute Gasteiger partial charge is 0.290 e. The largest absolute Gasteiger partial charge is 0.298 e. The van der Waals surface area contributed by atoms with Gasteiger partial charge in [0.1, 0.15) is 16.2 Å². The highest BCUT2D eigenvalue weighted by Gasteiger charge is 2.19. The first-order valence-electron chi connectivity index (χ1n) is 6.94. The molecule has 0 bridgehead atoms. The van der Waals surface area contributed by atoms with Crippen LogP contribution in [-0.4, -0.2) is 22.6 Å². The molecular weight excluding hydrogens is 316 g/mol. The van der Waals surface area contributed by atoms with Gasteiger partial charge in [0, 0.05) is 13.2 Å². The first-order valence-corrected chi connectivity index (χ1v) is 8.42. The molecule has 120 valence electrons. The topological polar surface area (TPSA) is 85.5 Å². The number of aromatic nitrogens is 3. The van der Waals surface area contributed by atoms with Gasteiger partial charge >= 0.3 is 0 Å². The maximum atomic E-state index is 12.6. The van der Waals surface area contributed by atoms with Crippen molar-refractivity contribution in [2.75, 3.05) is 4.72 Å². The number of nitrogens with one attached hydrogen (secondary N) is 1. The highest BCUT2D eigenvalue weighted by Crippen LogP contribution is 2.20. The molecule has 1 N–H and O–H groups in total. The van der Waals surface area contributed by atoms with Gasteiger partial charge in [-0.2, -0.15) is 5.10 Å². The van der Waals surface area contributed by atoms with E-state index in [-0.39, 0.29) is 16.0 Å². The monoisotopic (exact) mass is 332 g/mol. The molecule has 23 heavy (non-hydrogen) atoms. The van der Waals surface area contributed by atoms with Crippen molar-refractivity contribution in [3.05, 3.63) is 58.3 Å². The van der Waals surface area contributed by atoms with Gasteiger partial charge in [-0.1, -0.05) is 18.2 Å². The second-order valence-electron chi connectivity index (χ2n) is 5.33. The molecule has 0 aliphatic rings. The summed E-state index contributed by atoms with van der Waals surface area (Å²) in [6, 6.07) is 8.45. The molecule has 0 saturated carbocycles. The molecule has 8 heteroatoms. The van der Waals surface area contributed by atoms with Crippen molar-refractivity contribution in [2.45, 2.75) is 18.7 Å². The van der Waals surface area contributed by atoms with E-state index in [1.807, 2.05) is 19.1 Å². The Kier molecular flexibility index (Phi) is 3.48. The summed E-state index contributed by atoms with van der Waals surface area (Å²) in [7, 11) is -2.26. The van der Waals surface area contributed by atoms with Crippen LogP contribution in [0.2, 0.25) is 0 Å². The zero-order valence-electron chi connectivity index (χ0n) is 12.9. The number of anilines is 1. The fourth-order valence-corrected chi connectivity index (χ4v) is 3.53. The molecule has 3 aromatic rings. The molecule has 0 atom stereocenters. The number of hydrogen-bond acceptors (Lipinski definition) is 4. The van der Waals surface area contributed by atoms with Crippen molar-refractivity contribution in [1.82, 2.24) is 14.2 Å². The molecule has 0 fully saturated rings. The highest BCUT2D eigenvalue weighted by molar-refractivity contribution is 7.92. The zero-order valence-corrected chi connectivity index (χ0v) is 13.8. The highest BCUT2D eigenvalue weighted by atomic mass is 32.2. The number of para-hydroxylation sites is 1. The molecule has 1 aromatic carbocycles. The van der Waals surface area contributed by atoms with Gasteiger partial charge < -0.3 is 0 Å². The molecule has 0 aliphatic heterocycles. The van der Waals surface area contributed by atoms with E-state index in [9.17, 15) is 13.2 Å². The van der Waals surface area contributed by atoms with Gasteiger partial charge in [-0.05, 0) is 31.5 Å². The lowest BCUT2D eigenvalue weighted by Crippen LogP contribution is -2.22. The Labute approximate surface area is 133 Å². The van der Waals surface area contributed by atoms with Crippen molar-refractivity contribution in [3.8, 4) is 0 Å². The van der Waals surface area contributed by atoms with E-state index < -0.39 is 10.0 Å². The van der Waals surface area contributed by atoms with Crippen LogP contribution in [0.15, 0.2) is 46.2 Å². The average molecular weight is 332 g/mol. The Bertz CT molecular complexity index is 1060. The Morgan fingerprint density at radius 1 is 1.17 bits per heavy atom. The lowest BCUT2D eigenvalue weighted by molar-refractivity contribution is 0.601. The van der Waals surface area contributed by atoms with Crippen LogP contribution in [0.3, 0.4) is 0 Å². The summed E-state index contributed by atoms with van der Waals surface area (Å²) < 4.78 is 30.4. The van der Waals surface area contributed by atoms with Crippen LogP contribution in [0.5, 0.6) is 0 Å². The molecule has 0 amide bonds. The maximum Gasteiger partial charge on any atom is 0.290 e. The first-order chi connectivity index (χ1) is 10.8. The SMILES string of the molecule is Cc1ccccc1NS(=O)(=O)c1cc2c(=O)n(C)nc(C)n2c1. The third kappa shape index (κ3) is 2.61. The van der Waals surface area contributed by atoms with E-state index in [0.29, 0.717) is 11.5 Å². The van der Waals surface area contributed by atoms with Gasteiger partial charge in [-0.3, -0.25) is 13.9 Å². The molecule has 0 aliphatic carbocycles. The summed E-state index contributed by atoms with van der Waals surface area (Å²) in [4.78, 5) is 12.1. The van der Waals surface area contributed by atoms with Crippen LogP contribution in [0.4, 0.5) is 5.69 Å². The minimum atomic E-state index is -3.79. The number of sulfonamides is 1. The van der Waals surface area contributed by atoms with Crippen LogP contribution < -0.4 is 10.3 Å². The molecule has 0 saturated heterocycles. The predicted molar refractivity (Wildman–Crippen MR) is 87.2 cm³/mol. The third-order valence-electron chi connectivity index (χ3n) is 3.65. The molecule has 0 radical (unpaired) electrons. The van der Waals surface area contributed by atoms with Gasteiger partial charge in [0.15, 0.2) is 0 Å². The summed E-state index contributed by atoms with van der Waals surface area (Å²) in [5.41, 5.74) is 1.23. The first kappa shape index (κ1) is 15.3.